The smallest absolute Gasteiger partial charge is 0.0529 e. The van der Waals surface area contributed by atoms with Gasteiger partial charge in [-0.1, -0.05) is 25.4 Å². The maximum absolute atomic E-state index is 6.30. The molecule has 1 aliphatic heterocycles. The van der Waals surface area contributed by atoms with Crippen molar-refractivity contribution in [1.29, 1.82) is 0 Å². The van der Waals surface area contributed by atoms with E-state index >= 15 is 0 Å². The third-order valence-corrected chi connectivity index (χ3v) is 5.04. The quantitative estimate of drug-likeness (QED) is 0.874. The summed E-state index contributed by atoms with van der Waals surface area (Å²) in [5.41, 5.74) is 2.34. The van der Waals surface area contributed by atoms with Crippen LogP contribution in [0.15, 0.2) is 16.6 Å². The molecule has 1 fully saturated rings. The minimum Gasteiger partial charge on any atom is -0.365 e. The van der Waals surface area contributed by atoms with Gasteiger partial charge in [0.15, 0.2) is 0 Å². The van der Waals surface area contributed by atoms with Crippen molar-refractivity contribution in [3.63, 3.8) is 0 Å². The molecule has 2 rings (SSSR count). The van der Waals surface area contributed by atoms with Gasteiger partial charge >= 0.3 is 0 Å². The largest absolute Gasteiger partial charge is 0.365 e. The van der Waals surface area contributed by atoms with Crippen molar-refractivity contribution in [3.8, 4) is 0 Å². The van der Waals surface area contributed by atoms with Crippen LogP contribution in [0.1, 0.15) is 32.3 Å². The summed E-state index contributed by atoms with van der Waals surface area (Å²) in [6.45, 7) is 8.62. The summed E-state index contributed by atoms with van der Waals surface area (Å²) in [6, 6.07) is 5.32. The summed E-state index contributed by atoms with van der Waals surface area (Å²) in [6.07, 6.45) is 2.30. The Labute approximate surface area is 129 Å². The van der Waals surface area contributed by atoms with Crippen LogP contribution < -0.4 is 10.2 Å². The third kappa shape index (κ3) is 3.26. The molecule has 0 bridgehead atoms. The highest BCUT2D eigenvalue weighted by molar-refractivity contribution is 9.10. The van der Waals surface area contributed by atoms with Crippen LogP contribution in [0.4, 0.5) is 5.69 Å². The van der Waals surface area contributed by atoms with E-state index in [0.29, 0.717) is 12.1 Å². The molecule has 0 saturated carbocycles. The summed E-state index contributed by atoms with van der Waals surface area (Å²) in [4.78, 5) is 2.50. The summed E-state index contributed by atoms with van der Waals surface area (Å²) < 4.78 is 1.14. The van der Waals surface area contributed by atoms with E-state index in [2.05, 4.69) is 52.1 Å². The standard InChI is InChI=1S/C15H22BrClN2/c1-4-11-9-19(12(5-2)8-18-11)15-7-14(17)10(3)6-13(15)16/h6-7,11-12,18H,4-5,8-9H2,1-3H3. The summed E-state index contributed by atoms with van der Waals surface area (Å²) >= 11 is 10.00. The Balaban J connectivity index is 2.33. The molecule has 1 saturated heterocycles. The fraction of sp³-hybridized carbons (Fsp3) is 0.600. The van der Waals surface area contributed by atoms with Gasteiger partial charge in [-0.2, -0.15) is 0 Å². The number of halogens is 2. The predicted molar refractivity (Wildman–Crippen MR) is 87.4 cm³/mol. The van der Waals surface area contributed by atoms with Gasteiger partial charge in [0, 0.05) is 34.7 Å². The number of nitrogens with zero attached hydrogens (tertiary/aromatic N) is 1. The van der Waals surface area contributed by atoms with E-state index in [1.54, 1.807) is 0 Å². The Kier molecular flexibility index (Phi) is 5.15. The highest BCUT2D eigenvalue weighted by Gasteiger charge is 2.27. The van der Waals surface area contributed by atoms with E-state index in [9.17, 15) is 0 Å². The van der Waals surface area contributed by atoms with Crippen LogP contribution in [0.5, 0.6) is 0 Å². The summed E-state index contributed by atoms with van der Waals surface area (Å²) in [5, 5.41) is 4.47. The first kappa shape index (κ1) is 15.1. The lowest BCUT2D eigenvalue weighted by atomic mass is 10.0. The second-order valence-electron chi connectivity index (χ2n) is 5.28. The van der Waals surface area contributed by atoms with Crippen molar-refractivity contribution in [2.45, 2.75) is 45.7 Å². The minimum absolute atomic E-state index is 0.540. The minimum atomic E-state index is 0.540. The molecule has 4 heteroatoms. The highest BCUT2D eigenvalue weighted by Crippen LogP contribution is 2.34. The zero-order valence-corrected chi connectivity index (χ0v) is 14.2. The van der Waals surface area contributed by atoms with Crippen LogP contribution >= 0.6 is 27.5 Å². The maximum Gasteiger partial charge on any atom is 0.0529 e. The molecule has 1 aliphatic rings. The van der Waals surface area contributed by atoms with Gasteiger partial charge in [0.2, 0.25) is 0 Å². The Morgan fingerprint density at radius 2 is 2.11 bits per heavy atom. The molecule has 0 spiro atoms. The number of rotatable bonds is 3. The van der Waals surface area contributed by atoms with E-state index < -0.39 is 0 Å². The number of anilines is 1. The second kappa shape index (κ2) is 6.47. The molecule has 1 aromatic rings. The Morgan fingerprint density at radius 1 is 1.37 bits per heavy atom. The molecule has 0 amide bonds. The number of piperazine rings is 1. The van der Waals surface area contributed by atoms with Crippen molar-refractivity contribution in [2.75, 3.05) is 18.0 Å². The highest BCUT2D eigenvalue weighted by atomic mass is 79.9. The number of aryl methyl sites for hydroxylation is 1. The van der Waals surface area contributed by atoms with Crippen LogP contribution in [0.25, 0.3) is 0 Å². The number of benzene rings is 1. The average molecular weight is 346 g/mol. The van der Waals surface area contributed by atoms with Gasteiger partial charge in [-0.3, -0.25) is 0 Å². The summed E-state index contributed by atoms with van der Waals surface area (Å²) in [7, 11) is 0. The van der Waals surface area contributed by atoms with Crippen molar-refractivity contribution in [2.24, 2.45) is 0 Å². The lowest BCUT2D eigenvalue weighted by Crippen LogP contribution is -2.56. The van der Waals surface area contributed by atoms with Gasteiger partial charge in [0.1, 0.15) is 0 Å². The molecule has 0 aromatic heterocycles. The monoisotopic (exact) mass is 344 g/mol. The van der Waals surface area contributed by atoms with Crippen LogP contribution in [0.3, 0.4) is 0 Å². The Bertz CT molecular complexity index is 450. The summed E-state index contributed by atoms with van der Waals surface area (Å²) in [5.74, 6) is 0. The van der Waals surface area contributed by atoms with Gasteiger partial charge in [0.25, 0.3) is 0 Å². The van der Waals surface area contributed by atoms with Crippen LogP contribution in [0, 0.1) is 6.92 Å². The van der Waals surface area contributed by atoms with E-state index in [1.165, 1.54) is 5.69 Å². The fourth-order valence-electron chi connectivity index (χ4n) is 2.65. The zero-order valence-electron chi connectivity index (χ0n) is 11.8. The first-order valence-electron chi connectivity index (χ1n) is 7.02. The molecule has 2 unspecified atom stereocenters. The van der Waals surface area contributed by atoms with Gasteiger partial charge < -0.3 is 10.2 Å². The topological polar surface area (TPSA) is 15.3 Å². The molecular weight excluding hydrogens is 324 g/mol. The van der Waals surface area contributed by atoms with Crippen molar-refractivity contribution < 1.29 is 0 Å². The lowest BCUT2D eigenvalue weighted by molar-refractivity contribution is 0.378. The van der Waals surface area contributed by atoms with Crippen molar-refractivity contribution in [3.05, 3.63) is 27.2 Å². The van der Waals surface area contributed by atoms with Crippen molar-refractivity contribution >= 4 is 33.2 Å². The van der Waals surface area contributed by atoms with E-state index in [-0.39, 0.29) is 0 Å². The zero-order chi connectivity index (χ0) is 14.0. The first-order valence-corrected chi connectivity index (χ1v) is 8.19. The van der Waals surface area contributed by atoms with E-state index in [1.807, 2.05) is 6.92 Å². The molecule has 2 nitrogen and oxygen atoms in total. The van der Waals surface area contributed by atoms with E-state index in [0.717, 1.165) is 41.0 Å². The van der Waals surface area contributed by atoms with E-state index in [4.69, 9.17) is 11.6 Å². The molecule has 1 aromatic carbocycles. The van der Waals surface area contributed by atoms with Gasteiger partial charge in [-0.15, -0.1) is 0 Å². The average Bonchev–Trinajstić information content (AvgIpc) is 2.42. The molecule has 1 N–H and O–H groups in total. The molecule has 1 heterocycles. The van der Waals surface area contributed by atoms with Crippen molar-refractivity contribution in [1.82, 2.24) is 5.32 Å². The first-order chi connectivity index (χ1) is 9.06. The number of nitrogens with one attached hydrogen (secondary N) is 1. The normalized spacial score (nSPS) is 23.7. The fourth-order valence-corrected chi connectivity index (χ4v) is 3.50. The predicted octanol–water partition coefficient (Wildman–Crippen LogP) is 4.38. The number of hydrogen-bond acceptors (Lipinski definition) is 2. The van der Waals surface area contributed by atoms with Crippen LogP contribution in [-0.4, -0.2) is 25.2 Å². The molecule has 106 valence electrons. The second-order valence-corrected chi connectivity index (χ2v) is 6.54. The molecule has 0 aliphatic carbocycles. The van der Waals surface area contributed by atoms with Gasteiger partial charge in [-0.05, 0) is 53.4 Å². The molecular formula is C15H22BrClN2. The lowest BCUT2D eigenvalue weighted by Gasteiger charge is -2.42. The maximum atomic E-state index is 6.30. The van der Waals surface area contributed by atoms with Gasteiger partial charge in [0.05, 0.1) is 5.69 Å². The Morgan fingerprint density at radius 3 is 2.74 bits per heavy atom. The Hall–Kier alpha value is -0.250. The molecule has 0 radical (unpaired) electrons. The number of hydrogen-bond donors (Lipinski definition) is 1. The molecule has 19 heavy (non-hydrogen) atoms. The van der Waals surface area contributed by atoms with Crippen LogP contribution in [-0.2, 0) is 0 Å². The third-order valence-electron chi connectivity index (χ3n) is 4.00. The van der Waals surface area contributed by atoms with Gasteiger partial charge in [-0.25, -0.2) is 0 Å². The SMILES string of the molecule is CCC1CN(c2cc(Cl)c(C)cc2Br)C(CC)CN1. The molecule has 2 atom stereocenters. The van der Waals surface area contributed by atoms with Crippen LogP contribution in [0.2, 0.25) is 5.02 Å².